The highest BCUT2D eigenvalue weighted by atomic mass is 35.5. The van der Waals surface area contributed by atoms with Crippen LogP contribution in [0.5, 0.6) is 0 Å². The molecule has 0 heterocycles. The molecule has 20 heavy (non-hydrogen) atoms. The lowest BCUT2D eigenvalue weighted by molar-refractivity contribution is -0.121. The molecule has 2 rings (SSSR count). The third-order valence-electron chi connectivity index (χ3n) is 2.95. The fourth-order valence-corrected chi connectivity index (χ4v) is 2.23. The second kappa shape index (κ2) is 7.06. The number of amides is 1. The molecule has 2 aromatic carbocycles. The first-order valence-electron chi connectivity index (χ1n) is 6.34. The van der Waals surface area contributed by atoms with Crippen LogP contribution in [0.15, 0.2) is 54.6 Å². The van der Waals surface area contributed by atoms with E-state index < -0.39 is 0 Å². The average Bonchev–Trinajstić information content (AvgIpc) is 2.45. The highest BCUT2D eigenvalue weighted by Crippen LogP contribution is 2.14. The Bertz CT molecular complexity index is 574. The molecular weight excluding hydrogens is 277 g/mol. The number of nitrogens with one attached hydrogen (secondary N) is 1. The van der Waals surface area contributed by atoms with E-state index in [4.69, 9.17) is 11.6 Å². The Morgan fingerprint density at radius 2 is 1.90 bits per heavy atom. The van der Waals surface area contributed by atoms with Crippen molar-refractivity contribution in [2.45, 2.75) is 12.5 Å². The van der Waals surface area contributed by atoms with Gasteiger partial charge in [0.15, 0.2) is 0 Å². The van der Waals surface area contributed by atoms with E-state index in [2.05, 4.69) is 5.32 Å². The van der Waals surface area contributed by atoms with E-state index in [9.17, 15) is 9.18 Å². The summed E-state index contributed by atoms with van der Waals surface area (Å²) in [6.45, 7) is 0. The second-order valence-electron chi connectivity index (χ2n) is 4.49. The third kappa shape index (κ3) is 4.07. The molecule has 1 N–H and O–H groups in total. The highest BCUT2D eigenvalue weighted by Gasteiger charge is 2.13. The number of alkyl halides is 1. The minimum atomic E-state index is -0.341. The first kappa shape index (κ1) is 14.5. The summed E-state index contributed by atoms with van der Waals surface area (Å²) in [7, 11) is 0. The van der Waals surface area contributed by atoms with Crippen LogP contribution in [0.2, 0.25) is 0 Å². The van der Waals surface area contributed by atoms with Gasteiger partial charge in [-0.15, -0.1) is 11.6 Å². The van der Waals surface area contributed by atoms with Crippen molar-refractivity contribution in [1.82, 2.24) is 5.32 Å². The van der Waals surface area contributed by atoms with Crippen molar-refractivity contribution in [3.05, 3.63) is 71.5 Å². The van der Waals surface area contributed by atoms with Gasteiger partial charge in [-0.05, 0) is 23.3 Å². The standard InChI is InChI=1S/C16H15ClFNO/c17-11-15(13-6-2-1-3-7-13)19-16(20)10-12-5-4-8-14(18)9-12/h1-9,15H,10-11H2,(H,19,20). The van der Waals surface area contributed by atoms with Crippen LogP contribution in [0.3, 0.4) is 0 Å². The molecule has 0 spiro atoms. The molecule has 1 amide bonds. The molecule has 104 valence electrons. The zero-order valence-electron chi connectivity index (χ0n) is 10.9. The zero-order valence-corrected chi connectivity index (χ0v) is 11.6. The molecule has 0 bridgehead atoms. The van der Waals surface area contributed by atoms with Crippen molar-refractivity contribution >= 4 is 17.5 Å². The Morgan fingerprint density at radius 1 is 1.15 bits per heavy atom. The minimum absolute atomic E-state index is 0.137. The van der Waals surface area contributed by atoms with Gasteiger partial charge in [-0.2, -0.15) is 0 Å². The summed E-state index contributed by atoms with van der Waals surface area (Å²) in [5.74, 6) is -0.226. The Labute approximate surface area is 122 Å². The van der Waals surface area contributed by atoms with Gasteiger partial charge in [0.05, 0.1) is 12.5 Å². The molecule has 0 saturated heterocycles. The quantitative estimate of drug-likeness (QED) is 0.840. The number of hydrogen-bond acceptors (Lipinski definition) is 1. The molecule has 4 heteroatoms. The fraction of sp³-hybridized carbons (Fsp3) is 0.188. The first-order chi connectivity index (χ1) is 9.69. The molecule has 2 nitrogen and oxygen atoms in total. The number of carbonyl (C=O) groups is 1. The minimum Gasteiger partial charge on any atom is -0.348 e. The molecule has 1 unspecified atom stereocenters. The van der Waals surface area contributed by atoms with Crippen molar-refractivity contribution in [3.8, 4) is 0 Å². The normalized spacial score (nSPS) is 11.9. The fourth-order valence-electron chi connectivity index (χ4n) is 1.97. The monoisotopic (exact) mass is 291 g/mol. The summed E-state index contributed by atoms with van der Waals surface area (Å²) in [6, 6.07) is 15.3. The van der Waals surface area contributed by atoms with Crippen LogP contribution in [0, 0.1) is 5.82 Å². The van der Waals surface area contributed by atoms with Gasteiger partial charge in [-0.25, -0.2) is 4.39 Å². The van der Waals surface area contributed by atoms with Crippen LogP contribution in [0.1, 0.15) is 17.2 Å². The zero-order chi connectivity index (χ0) is 14.4. The molecule has 0 aliphatic carbocycles. The van der Waals surface area contributed by atoms with E-state index in [-0.39, 0.29) is 24.2 Å². The molecule has 0 saturated carbocycles. The molecule has 0 radical (unpaired) electrons. The maximum atomic E-state index is 13.1. The van der Waals surface area contributed by atoms with E-state index in [0.717, 1.165) is 5.56 Å². The number of carbonyl (C=O) groups excluding carboxylic acids is 1. The lowest BCUT2D eigenvalue weighted by Crippen LogP contribution is -2.30. The highest BCUT2D eigenvalue weighted by molar-refractivity contribution is 6.18. The van der Waals surface area contributed by atoms with Gasteiger partial charge in [0.2, 0.25) is 5.91 Å². The van der Waals surface area contributed by atoms with Gasteiger partial charge >= 0.3 is 0 Å². The van der Waals surface area contributed by atoms with Crippen molar-refractivity contribution in [2.24, 2.45) is 0 Å². The summed E-state index contributed by atoms with van der Waals surface area (Å²) >= 11 is 5.90. The van der Waals surface area contributed by atoms with Crippen LogP contribution in [0.25, 0.3) is 0 Å². The smallest absolute Gasteiger partial charge is 0.224 e. The molecule has 1 atom stereocenters. The lowest BCUT2D eigenvalue weighted by atomic mass is 10.1. The van der Waals surface area contributed by atoms with E-state index in [0.29, 0.717) is 11.4 Å². The van der Waals surface area contributed by atoms with Gasteiger partial charge in [-0.3, -0.25) is 4.79 Å². The first-order valence-corrected chi connectivity index (χ1v) is 6.87. The van der Waals surface area contributed by atoms with Crippen LogP contribution in [-0.4, -0.2) is 11.8 Å². The Kier molecular flexibility index (Phi) is 5.13. The Hall–Kier alpha value is -1.87. The van der Waals surface area contributed by atoms with E-state index >= 15 is 0 Å². The summed E-state index contributed by atoms with van der Waals surface area (Å²) in [5, 5.41) is 2.86. The molecule has 2 aromatic rings. The molecule has 0 aliphatic heterocycles. The van der Waals surface area contributed by atoms with Crippen LogP contribution in [0.4, 0.5) is 4.39 Å². The van der Waals surface area contributed by atoms with E-state index in [1.54, 1.807) is 12.1 Å². The van der Waals surface area contributed by atoms with Crippen molar-refractivity contribution in [1.29, 1.82) is 0 Å². The predicted molar refractivity (Wildman–Crippen MR) is 78.1 cm³/mol. The summed E-state index contributed by atoms with van der Waals surface area (Å²) in [6.07, 6.45) is 0.137. The summed E-state index contributed by atoms with van der Waals surface area (Å²) in [5.41, 5.74) is 1.60. The van der Waals surface area contributed by atoms with Gasteiger partial charge < -0.3 is 5.32 Å². The largest absolute Gasteiger partial charge is 0.348 e. The third-order valence-corrected chi connectivity index (χ3v) is 3.25. The van der Waals surface area contributed by atoms with Crippen LogP contribution < -0.4 is 5.32 Å². The van der Waals surface area contributed by atoms with Crippen molar-refractivity contribution in [3.63, 3.8) is 0 Å². The summed E-state index contributed by atoms with van der Waals surface area (Å²) in [4.78, 5) is 12.0. The van der Waals surface area contributed by atoms with Crippen molar-refractivity contribution < 1.29 is 9.18 Å². The van der Waals surface area contributed by atoms with Crippen LogP contribution >= 0.6 is 11.6 Å². The average molecular weight is 292 g/mol. The van der Waals surface area contributed by atoms with E-state index in [1.807, 2.05) is 30.3 Å². The topological polar surface area (TPSA) is 29.1 Å². The van der Waals surface area contributed by atoms with E-state index in [1.165, 1.54) is 12.1 Å². The molecule has 0 fully saturated rings. The number of rotatable bonds is 5. The number of benzene rings is 2. The van der Waals surface area contributed by atoms with Gasteiger partial charge in [0, 0.05) is 5.88 Å². The summed E-state index contributed by atoms with van der Waals surface area (Å²) < 4.78 is 13.1. The molecule has 0 aliphatic rings. The van der Waals surface area contributed by atoms with Crippen molar-refractivity contribution in [2.75, 3.05) is 5.88 Å². The maximum Gasteiger partial charge on any atom is 0.224 e. The SMILES string of the molecule is O=C(Cc1cccc(F)c1)NC(CCl)c1ccccc1. The number of halogens is 2. The Morgan fingerprint density at radius 3 is 2.55 bits per heavy atom. The molecule has 0 aromatic heterocycles. The van der Waals surface area contributed by atoms with Gasteiger partial charge in [0.1, 0.15) is 5.82 Å². The van der Waals surface area contributed by atoms with Gasteiger partial charge in [0.25, 0.3) is 0 Å². The maximum absolute atomic E-state index is 13.1. The number of hydrogen-bond donors (Lipinski definition) is 1. The van der Waals surface area contributed by atoms with Crippen LogP contribution in [-0.2, 0) is 11.2 Å². The second-order valence-corrected chi connectivity index (χ2v) is 4.80. The van der Waals surface area contributed by atoms with Gasteiger partial charge in [-0.1, -0.05) is 42.5 Å². The lowest BCUT2D eigenvalue weighted by Gasteiger charge is -2.16. The molecular formula is C16H15ClFNO. The Balaban J connectivity index is 2.00. The predicted octanol–water partition coefficient (Wildman–Crippen LogP) is 3.46.